The molecule has 4 nitrogen and oxygen atoms in total. The Hall–Kier alpha value is -2.47. The van der Waals surface area contributed by atoms with E-state index < -0.39 is 17.0 Å². The molecule has 2 saturated heterocycles. The Bertz CT molecular complexity index is 831. The number of hydrogen-bond acceptors (Lipinski definition) is 3. The van der Waals surface area contributed by atoms with Crippen molar-refractivity contribution >= 4 is 5.91 Å². The van der Waals surface area contributed by atoms with E-state index in [2.05, 4.69) is 0 Å². The Balaban J connectivity index is 1.44. The topological polar surface area (TPSA) is 38.8 Å². The van der Waals surface area contributed by atoms with Crippen molar-refractivity contribution in [2.24, 2.45) is 5.92 Å². The Morgan fingerprint density at radius 1 is 1.11 bits per heavy atom. The molecular formula is C22H23F2NO3. The highest BCUT2D eigenvalue weighted by molar-refractivity contribution is 5.89. The summed E-state index contributed by atoms with van der Waals surface area (Å²) in [4.78, 5) is 15.1. The summed E-state index contributed by atoms with van der Waals surface area (Å²) < 4.78 is 39.1. The number of likely N-dealkylation sites (tertiary alicyclic amines) is 1. The molecule has 0 aliphatic carbocycles. The SMILES string of the molecule is O=C(N1CC(COc2ccccc2)C1)C1(c2ccc(F)cc2F)CCOCC1. The fourth-order valence-electron chi connectivity index (χ4n) is 4.07. The number of rotatable bonds is 5. The van der Waals surface area contributed by atoms with Gasteiger partial charge >= 0.3 is 0 Å². The molecule has 0 radical (unpaired) electrons. The van der Waals surface area contributed by atoms with Gasteiger partial charge in [-0.1, -0.05) is 24.3 Å². The van der Waals surface area contributed by atoms with Gasteiger partial charge in [-0.15, -0.1) is 0 Å². The molecule has 148 valence electrons. The zero-order valence-electron chi connectivity index (χ0n) is 15.6. The zero-order valence-corrected chi connectivity index (χ0v) is 15.6. The minimum atomic E-state index is -0.985. The number of hydrogen-bond donors (Lipinski definition) is 0. The van der Waals surface area contributed by atoms with Crippen LogP contribution in [0.5, 0.6) is 5.75 Å². The summed E-state index contributed by atoms with van der Waals surface area (Å²) in [5, 5.41) is 0. The number of benzene rings is 2. The van der Waals surface area contributed by atoms with Crippen molar-refractivity contribution in [3.8, 4) is 5.75 Å². The Morgan fingerprint density at radius 3 is 2.50 bits per heavy atom. The van der Waals surface area contributed by atoms with E-state index in [9.17, 15) is 13.6 Å². The van der Waals surface area contributed by atoms with Gasteiger partial charge in [0.25, 0.3) is 0 Å². The first kappa shape index (κ1) is 18.9. The molecule has 0 spiro atoms. The maximum atomic E-state index is 14.5. The minimum absolute atomic E-state index is 0.0998. The monoisotopic (exact) mass is 387 g/mol. The van der Waals surface area contributed by atoms with Gasteiger partial charge in [-0.2, -0.15) is 0 Å². The zero-order chi connectivity index (χ0) is 19.6. The van der Waals surface area contributed by atoms with Crippen molar-refractivity contribution in [3.63, 3.8) is 0 Å². The molecule has 2 aromatic rings. The molecule has 2 aliphatic rings. The van der Waals surface area contributed by atoms with Crippen LogP contribution < -0.4 is 4.74 Å². The average Bonchev–Trinajstić information content (AvgIpc) is 2.68. The molecule has 0 unspecified atom stereocenters. The van der Waals surface area contributed by atoms with E-state index in [4.69, 9.17) is 9.47 Å². The number of carbonyl (C=O) groups is 1. The highest BCUT2D eigenvalue weighted by Crippen LogP contribution is 2.40. The molecule has 0 bridgehead atoms. The Labute approximate surface area is 163 Å². The van der Waals surface area contributed by atoms with Crippen LogP contribution in [-0.2, 0) is 14.9 Å². The van der Waals surface area contributed by atoms with E-state index in [1.165, 1.54) is 12.1 Å². The van der Waals surface area contributed by atoms with Crippen LogP contribution in [0, 0.1) is 17.6 Å². The summed E-state index contributed by atoms with van der Waals surface area (Å²) >= 11 is 0. The number of para-hydroxylation sites is 1. The molecule has 2 aromatic carbocycles. The Morgan fingerprint density at radius 2 is 1.82 bits per heavy atom. The van der Waals surface area contributed by atoms with Crippen LogP contribution in [0.15, 0.2) is 48.5 Å². The lowest BCUT2D eigenvalue weighted by Crippen LogP contribution is -2.59. The summed E-state index contributed by atoms with van der Waals surface area (Å²) in [6.07, 6.45) is 0.798. The van der Waals surface area contributed by atoms with Crippen molar-refractivity contribution in [1.29, 1.82) is 0 Å². The minimum Gasteiger partial charge on any atom is -0.493 e. The lowest BCUT2D eigenvalue weighted by molar-refractivity contribution is -0.148. The lowest BCUT2D eigenvalue weighted by Gasteiger charge is -2.46. The molecule has 0 atom stereocenters. The number of amides is 1. The van der Waals surface area contributed by atoms with Crippen LogP contribution in [0.1, 0.15) is 18.4 Å². The maximum absolute atomic E-state index is 14.5. The van der Waals surface area contributed by atoms with Crippen LogP contribution in [0.3, 0.4) is 0 Å². The summed E-state index contributed by atoms with van der Waals surface area (Å²) in [5.74, 6) is -0.351. The highest BCUT2D eigenvalue weighted by atomic mass is 19.1. The van der Waals surface area contributed by atoms with Gasteiger partial charge in [0, 0.05) is 43.9 Å². The smallest absolute Gasteiger partial charge is 0.233 e. The van der Waals surface area contributed by atoms with Crippen molar-refractivity contribution in [2.75, 3.05) is 32.9 Å². The van der Waals surface area contributed by atoms with E-state index in [0.717, 1.165) is 11.8 Å². The molecule has 6 heteroatoms. The van der Waals surface area contributed by atoms with Gasteiger partial charge in [0.2, 0.25) is 5.91 Å². The third-order valence-corrected chi connectivity index (χ3v) is 5.68. The largest absolute Gasteiger partial charge is 0.493 e. The predicted molar refractivity (Wildman–Crippen MR) is 100 cm³/mol. The van der Waals surface area contributed by atoms with Crippen molar-refractivity contribution in [3.05, 3.63) is 65.7 Å². The molecule has 0 saturated carbocycles. The quantitative estimate of drug-likeness (QED) is 0.788. The van der Waals surface area contributed by atoms with Gasteiger partial charge in [0.15, 0.2) is 0 Å². The third kappa shape index (κ3) is 3.61. The van der Waals surface area contributed by atoms with Gasteiger partial charge in [0.1, 0.15) is 17.4 Å². The van der Waals surface area contributed by atoms with E-state index in [1.807, 2.05) is 30.3 Å². The van der Waals surface area contributed by atoms with Gasteiger partial charge in [0.05, 0.1) is 12.0 Å². The van der Waals surface area contributed by atoms with E-state index in [-0.39, 0.29) is 17.4 Å². The first-order chi connectivity index (χ1) is 13.6. The van der Waals surface area contributed by atoms with E-state index >= 15 is 0 Å². The van der Waals surface area contributed by atoms with Gasteiger partial charge in [-0.05, 0) is 31.0 Å². The summed E-state index contributed by atoms with van der Waals surface area (Å²) in [6, 6.07) is 13.0. The summed E-state index contributed by atoms with van der Waals surface area (Å²) in [6.45, 7) is 2.47. The molecule has 28 heavy (non-hydrogen) atoms. The third-order valence-electron chi connectivity index (χ3n) is 5.68. The second-order valence-corrected chi connectivity index (χ2v) is 7.52. The van der Waals surface area contributed by atoms with Gasteiger partial charge in [-0.25, -0.2) is 8.78 Å². The lowest BCUT2D eigenvalue weighted by atomic mass is 9.72. The fraction of sp³-hybridized carbons (Fsp3) is 0.409. The second-order valence-electron chi connectivity index (χ2n) is 7.52. The van der Waals surface area contributed by atoms with Crippen LogP contribution in [0.25, 0.3) is 0 Å². The number of ether oxygens (including phenoxy) is 2. The number of halogens is 2. The molecule has 2 fully saturated rings. The van der Waals surface area contributed by atoms with E-state index in [1.54, 1.807) is 4.90 Å². The first-order valence-electron chi connectivity index (χ1n) is 9.59. The van der Waals surface area contributed by atoms with Crippen LogP contribution in [0.2, 0.25) is 0 Å². The molecule has 4 rings (SSSR count). The molecule has 0 N–H and O–H groups in total. The van der Waals surface area contributed by atoms with Gasteiger partial charge < -0.3 is 14.4 Å². The summed E-state index contributed by atoms with van der Waals surface area (Å²) in [7, 11) is 0. The molecule has 0 aromatic heterocycles. The molecule has 2 heterocycles. The number of nitrogens with zero attached hydrogens (tertiary/aromatic N) is 1. The molecular weight excluding hydrogens is 364 g/mol. The summed E-state index contributed by atoms with van der Waals surface area (Å²) in [5.41, 5.74) is -0.715. The predicted octanol–water partition coefficient (Wildman–Crippen LogP) is 3.55. The van der Waals surface area contributed by atoms with Crippen molar-refractivity contribution in [2.45, 2.75) is 18.3 Å². The van der Waals surface area contributed by atoms with Crippen molar-refractivity contribution < 1.29 is 23.0 Å². The van der Waals surface area contributed by atoms with Crippen LogP contribution in [0.4, 0.5) is 8.78 Å². The van der Waals surface area contributed by atoms with E-state index in [0.29, 0.717) is 45.8 Å². The van der Waals surface area contributed by atoms with Gasteiger partial charge in [-0.3, -0.25) is 4.79 Å². The highest BCUT2D eigenvalue weighted by Gasteiger charge is 2.48. The normalized spacial score (nSPS) is 19.1. The molecule has 1 amide bonds. The average molecular weight is 387 g/mol. The molecule has 2 aliphatic heterocycles. The first-order valence-corrected chi connectivity index (χ1v) is 9.59. The Kier molecular flexibility index (Phi) is 5.31. The van der Waals surface area contributed by atoms with Crippen molar-refractivity contribution in [1.82, 2.24) is 4.90 Å². The second kappa shape index (κ2) is 7.87. The maximum Gasteiger partial charge on any atom is 0.233 e. The van der Waals surface area contributed by atoms with Crippen LogP contribution in [-0.4, -0.2) is 43.7 Å². The van der Waals surface area contributed by atoms with Crippen LogP contribution >= 0.6 is 0 Å². The standard InChI is InChI=1S/C22H23F2NO3/c23-17-6-7-19(20(24)12-17)22(8-10-27-11-9-22)21(26)25-13-16(14-25)15-28-18-4-2-1-3-5-18/h1-7,12,16H,8-11,13-15H2. The fourth-order valence-corrected chi connectivity index (χ4v) is 4.07. The number of carbonyl (C=O) groups excluding carboxylic acids is 1.